The number of aromatic nitrogens is 2. The zero-order valence-electron chi connectivity index (χ0n) is 14.2. The summed E-state index contributed by atoms with van der Waals surface area (Å²) in [6, 6.07) is 11.4. The van der Waals surface area contributed by atoms with Crippen molar-refractivity contribution in [1.29, 1.82) is 0 Å². The number of likely N-dealkylation sites (tertiary alicyclic amines) is 1. The molecular formula is C18H22N4O3. The van der Waals surface area contributed by atoms with E-state index in [-0.39, 0.29) is 18.0 Å². The van der Waals surface area contributed by atoms with E-state index in [2.05, 4.69) is 10.4 Å². The highest BCUT2D eigenvalue weighted by Gasteiger charge is 2.25. The molecular weight excluding hydrogens is 320 g/mol. The minimum atomic E-state index is -0.283. The number of piperidine rings is 1. The van der Waals surface area contributed by atoms with E-state index in [0.29, 0.717) is 38.2 Å². The third-order valence-electron chi connectivity index (χ3n) is 4.20. The Hall–Kier alpha value is -2.83. The second kappa shape index (κ2) is 7.83. The Morgan fingerprint density at radius 3 is 2.60 bits per heavy atom. The van der Waals surface area contributed by atoms with E-state index >= 15 is 0 Å². The van der Waals surface area contributed by atoms with E-state index in [1.54, 1.807) is 28.8 Å². The summed E-state index contributed by atoms with van der Waals surface area (Å²) in [5.41, 5.74) is 1.29. The summed E-state index contributed by atoms with van der Waals surface area (Å²) in [5.74, 6) is -0.190. The van der Waals surface area contributed by atoms with Gasteiger partial charge in [0, 0.05) is 25.3 Å². The normalized spacial score (nSPS) is 15.0. The van der Waals surface area contributed by atoms with Crippen LogP contribution in [0.3, 0.4) is 0 Å². The van der Waals surface area contributed by atoms with Gasteiger partial charge in [-0.1, -0.05) is 18.2 Å². The number of hydrogen-bond donors (Lipinski definition) is 1. The number of carbonyl (C=O) groups excluding carboxylic acids is 2. The van der Waals surface area contributed by atoms with Gasteiger partial charge in [-0.3, -0.25) is 4.79 Å². The quantitative estimate of drug-likeness (QED) is 0.924. The largest absolute Gasteiger partial charge is 0.450 e. The average Bonchev–Trinajstić information content (AvgIpc) is 3.13. The van der Waals surface area contributed by atoms with E-state index in [1.165, 1.54) is 0 Å². The Morgan fingerprint density at radius 1 is 1.20 bits per heavy atom. The summed E-state index contributed by atoms with van der Waals surface area (Å²) in [6.07, 6.45) is 2.91. The number of benzene rings is 1. The molecule has 7 heteroatoms. The van der Waals surface area contributed by atoms with Gasteiger partial charge in [0.25, 0.3) is 5.91 Å². The lowest BCUT2D eigenvalue weighted by Gasteiger charge is -2.31. The van der Waals surface area contributed by atoms with Crippen LogP contribution in [0.4, 0.5) is 4.79 Å². The summed E-state index contributed by atoms with van der Waals surface area (Å²) in [5, 5.41) is 7.33. The van der Waals surface area contributed by atoms with E-state index in [9.17, 15) is 9.59 Å². The Labute approximate surface area is 146 Å². The number of rotatable bonds is 4. The Bertz CT molecular complexity index is 721. The van der Waals surface area contributed by atoms with Crippen LogP contribution in [0, 0.1) is 0 Å². The summed E-state index contributed by atoms with van der Waals surface area (Å²) in [7, 11) is 0. The zero-order valence-corrected chi connectivity index (χ0v) is 14.2. The Morgan fingerprint density at radius 2 is 1.92 bits per heavy atom. The number of carbonyl (C=O) groups is 2. The third kappa shape index (κ3) is 4.17. The first-order valence-corrected chi connectivity index (χ1v) is 8.51. The van der Waals surface area contributed by atoms with Gasteiger partial charge in [0.1, 0.15) is 0 Å². The van der Waals surface area contributed by atoms with Crippen molar-refractivity contribution >= 4 is 12.0 Å². The predicted octanol–water partition coefficient (Wildman–Crippen LogP) is 2.22. The molecule has 0 radical (unpaired) electrons. The molecule has 2 amide bonds. The number of amides is 2. The lowest BCUT2D eigenvalue weighted by atomic mass is 10.1. The van der Waals surface area contributed by atoms with Crippen molar-refractivity contribution in [1.82, 2.24) is 20.0 Å². The van der Waals surface area contributed by atoms with Crippen molar-refractivity contribution in [2.75, 3.05) is 19.7 Å². The lowest BCUT2D eigenvalue weighted by Crippen LogP contribution is -2.46. The molecule has 0 bridgehead atoms. The van der Waals surface area contributed by atoms with Crippen LogP contribution in [-0.2, 0) is 4.74 Å². The fraction of sp³-hybridized carbons (Fsp3) is 0.389. The molecule has 1 fully saturated rings. The molecule has 0 aliphatic carbocycles. The molecule has 3 rings (SSSR count). The van der Waals surface area contributed by atoms with Crippen molar-refractivity contribution in [2.45, 2.75) is 25.8 Å². The Kier molecular flexibility index (Phi) is 5.33. The van der Waals surface area contributed by atoms with Crippen molar-refractivity contribution < 1.29 is 14.3 Å². The summed E-state index contributed by atoms with van der Waals surface area (Å²) in [4.78, 5) is 25.7. The summed E-state index contributed by atoms with van der Waals surface area (Å²) in [6.45, 7) is 3.34. The molecule has 1 aromatic heterocycles. The number of hydrogen-bond acceptors (Lipinski definition) is 4. The minimum absolute atomic E-state index is 0.0417. The molecule has 0 atom stereocenters. The van der Waals surface area contributed by atoms with E-state index < -0.39 is 0 Å². The average molecular weight is 342 g/mol. The smallest absolute Gasteiger partial charge is 0.409 e. The maximum atomic E-state index is 12.4. The molecule has 0 unspecified atom stereocenters. The highest BCUT2D eigenvalue weighted by molar-refractivity contribution is 5.92. The van der Waals surface area contributed by atoms with Gasteiger partial charge < -0.3 is 15.0 Å². The monoisotopic (exact) mass is 342 g/mol. The van der Waals surface area contributed by atoms with Crippen LogP contribution in [0.1, 0.15) is 30.3 Å². The number of ether oxygens (including phenoxy) is 1. The standard InChI is InChI=1S/C18H22N4O3/c1-2-25-18(24)21-11-8-14(9-12-21)19-17(23)16-10-13-22(20-16)15-6-4-3-5-7-15/h3-7,10,13-14H,2,8-9,11-12H2,1H3,(H,19,23). The van der Waals surface area contributed by atoms with Gasteiger partial charge in [-0.15, -0.1) is 0 Å². The molecule has 1 aromatic carbocycles. The predicted molar refractivity (Wildman–Crippen MR) is 92.6 cm³/mol. The van der Waals surface area contributed by atoms with E-state index in [4.69, 9.17) is 4.74 Å². The number of nitrogens with zero attached hydrogens (tertiary/aromatic N) is 3. The zero-order chi connectivity index (χ0) is 17.6. The van der Waals surface area contributed by atoms with Crippen LogP contribution < -0.4 is 5.32 Å². The topological polar surface area (TPSA) is 76.5 Å². The highest BCUT2D eigenvalue weighted by Crippen LogP contribution is 2.13. The highest BCUT2D eigenvalue weighted by atomic mass is 16.6. The van der Waals surface area contributed by atoms with Gasteiger partial charge in [0.2, 0.25) is 0 Å². The van der Waals surface area contributed by atoms with E-state index in [1.807, 2.05) is 30.3 Å². The summed E-state index contributed by atoms with van der Waals surface area (Å²) >= 11 is 0. The maximum Gasteiger partial charge on any atom is 0.409 e. The second-order valence-corrected chi connectivity index (χ2v) is 5.91. The van der Waals surface area contributed by atoms with Crippen LogP contribution in [-0.4, -0.2) is 52.4 Å². The maximum absolute atomic E-state index is 12.4. The molecule has 25 heavy (non-hydrogen) atoms. The van der Waals surface area contributed by atoms with Crippen LogP contribution >= 0.6 is 0 Å². The fourth-order valence-corrected chi connectivity index (χ4v) is 2.85. The summed E-state index contributed by atoms with van der Waals surface area (Å²) < 4.78 is 6.68. The first-order valence-electron chi connectivity index (χ1n) is 8.51. The van der Waals surface area contributed by atoms with Crippen molar-refractivity contribution in [3.8, 4) is 5.69 Å². The second-order valence-electron chi connectivity index (χ2n) is 5.91. The first-order chi connectivity index (χ1) is 12.2. The van der Waals surface area contributed by atoms with Crippen molar-refractivity contribution in [3.05, 3.63) is 48.3 Å². The molecule has 1 aliphatic heterocycles. The SMILES string of the molecule is CCOC(=O)N1CCC(NC(=O)c2ccn(-c3ccccc3)n2)CC1. The molecule has 1 N–H and O–H groups in total. The van der Waals surface area contributed by atoms with Crippen molar-refractivity contribution in [2.24, 2.45) is 0 Å². The van der Waals surface area contributed by atoms with Gasteiger partial charge in [-0.25, -0.2) is 9.48 Å². The third-order valence-corrected chi connectivity index (χ3v) is 4.20. The molecule has 2 aromatic rings. The van der Waals surface area contributed by atoms with Crippen LogP contribution in [0.2, 0.25) is 0 Å². The number of nitrogens with one attached hydrogen (secondary N) is 1. The Balaban J connectivity index is 1.54. The molecule has 132 valence electrons. The number of para-hydroxylation sites is 1. The van der Waals surface area contributed by atoms with Crippen LogP contribution in [0.25, 0.3) is 5.69 Å². The molecule has 0 spiro atoms. The minimum Gasteiger partial charge on any atom is -0.450 e. The van der Waals surface area contributed by atoms with Crippen LogP contribution in [0.5, 0.6) is 0 Å². The molecule has 1 aliphatic rings. The molecule has 7 nitrogen and oxygen atoms in total. The van der Waals surface area contributed by atoms with Gasteiger partial charge >= 0.3 is 6.09 Å². The molecule has 1 saturated heterocycles. The van der Waals surface area contributed by atoms with Gasteiger partial charge in [-0.05, 0) is 38.0 Å². The van der Waals surface area contributed by atoms with Gasteiger partial charge in [0.15, 0.2) is 5.69 Å². The fourth-order valence-electron chi connectivity index (χ4n) is 2.85. The van der Waals surface area contributed by atoms with E-state index in [0.717, 1.165) is 5.69 Å². The lowest BCUT2D eigenvalue weighted by molar-refractivity contribution is 0.0856. The molecule has 2 heterocycles. The first kappa shape index (κ1) is 17.0. The van der Waals surface area contributed by atoms with Crippen molar-refractivity contribution in [3.63, 3.8) is 0 Å². The van der Waals surface area contributed by atoms with Gasteiger partial charge in [0.05, 0.1) is 12.3 Å². The van der Waals surface area contributed by atoms with Gasteiger partial charge in [-0.2, -0.15) is 5.10 Å². The van der Waals surface area contributed by atoms with Crippen LogP contribution in [0.15, 0.2) is 42.6 Å². The molecule has 0 saturated carbocycles.